The molecular weight excluding hydrogens is 176 g/mol. The van der Waals surface area contributed by atoms with E-state index in [2.05, 4.69) is 10.2 Å². The van der Waals surface area contributed by atoms with Gasteiger partial charge in [-0.2, -0.15) is 0 Å². The highest BCUT2D eigenvalue weighted by molar-refractivity contribution is 7.18. The molecule has 0 fully saturated rings. The molecule has 1 aromatic heterocycles. The van der Waals surface area contributed by atoms with Crippen molar-refractivity contribution in [1.82, 2.24) is 10.2 Å². The van der Waals surface area contributed by atoms with Crippen LogP contribution in [-0.2, 0) is 4.74 Å². The van der Waals surface area contributed by atoms with Crippen molar-refractivity contribution in [2.24, 2.45) is 0 Å². The molecule has 0 aliphatic rings. The minimum atomic E-state index is 0.495. The van der Waals surface area contributed by atoms with E-state index in [0.717, 1.165) is 11.7 Å². The van der Waals surface area contributed by atoms with Crippen molar-refractivity contribution < 1.29 is 4.74 Å². The van der Waals surface area contributed by atoms with E-state index < -0.39 is 0 Å². The summed E-state index contributed by atoms with van der Waals surface area (Å²) >= 11 is 1.37. The standard InChI is InChI=1S/C6H12N4OS/c1-10(3-4-11-2)6-9-8-5(7)12-6/h3-4H2,1-2H3,(H2,7,8). The van der Waals surface area contributed by atoms with Crippen LogP contribution in [-0.4, -0.2) is 37.5 Å². The summed E-state index contributed by atoms with van der Waals surface area (Å²) in [4.78, 5) is 1.96. The van der Waals surface area contributed by atoms with Gasteiger partial charge in [-0.05, 0) is 0 Å². The monoisotopic (exact) mass is 188 g/mol. The molecule has 0 saturated heterocycles. The van der Waals surface area contributed by atoms with Crippen LogP contribution in [0, 0.1) is 0 Å². The lowest BCUT2D eigenvalue weighted by molar-refractivity contribution is 0.206. The Bertz CT molecular complexity index is 239. The second kappa shape index (κ2) is 4.22. The summed E-state index contributed by atoms with van der Waals surface area (Å²) in [5.74, 6) is 0. The Kier molecular flexibility index (Phi) is 3.24. The molecule has 0 aliphatic carbocycles. The molecule has 1 heterocycles. The molecule has 0 saturated carbocycles. The molecule has 68 valence electrons. The van der Waals surface area contributed by atoms with Crippen molar-refractivity contribution in [2.45, 2.75) is 0 Å². The smallest absolute Gasteiger partial charge is 0.209 e. The van der Waals surface area contributed by atoms with Crippen LogP contribution in [0.15, 0.2) is 0 Å². The summed E-state index contributed by atoms with van der Waals surface area (Å²) in [6, 6.07) is 0. The van der Waals surface area contributed by atoms with E-state index in [1.807, 2.05) is 11.9 Å². The molecule has 5 nitrogen and oxygen atoms in total. The molecule has 12 heavy (non-hydrogen) atoms. The summed E-state index contributed by atoms with van der Waals surface area (Å²) in [7, 11) is 3.60. The van der Waals surface area contributed by atoms with Crippen molar-refractivity contribution in [3.63, 3.8) is 0 Å². The van der Waals surface area contributed by atoms with Crippen molar-refractivity contribution in [3.05, 3.63) is 0 Å². The van der Waals surface area contributed by atoms with Crippen molar-refractivity contribution in [2.75, 3.05) is 37.9 Å². The Morgan fingerprint density at radius 1 is 1.58 bits per heavy atom. The van der Waals surface area contributed by atoms with E-state index in [4.69, 9.17) is 10.5 Å². The number of ether oxygens (including phenoxy) is 1. The summed E-state index contributed by atoms with van der Waals surface area (Å²) in [5, 5.41) is 8.91. The van der Waals surface area contributed by atoms with Crippen molar-refractivity contribution >= 4 is 21.6 Å². The zero-order valence-corrected chi connectivity index (χ0v) is 7.97. The Morgan fingerprint density at radius 2 is 2.33 bits per heavy atom. The van der Waals surface area contributed by atoms with E-state index in [1.165, 1.54) is 11.3 Å². The lowest BCUT2D eigenvalue weighted by Gasteiger charge is -2.13. The number of anilines is 2. The molecule has 1 rings (SSSR count). The van der Waals surface area contributed by atoms with Gasteiger partial charge in [-0.1, -0.05) is 11.3 Å². The third-order valence-electron chi connectivity index (χ3n) is 1.39. The number of hydrogen-bond donors (Lipinski definition) is 1. The van der Waals surface area contributed by atoms with Gasteiger partial charge < -0.3 is 15.4 Å². The van der Waals surface area contributed by atoms with Gasteiger partial charge >= 0.3 is 0 Å². The van der Waals surface area contributed by atoms with Gasteiger partial charge in [0.15, 0.2) is 0 Å². The molecule has 0 bridgehead atoms. The number of rotatable bonds is 4. The van der Waals surface area contributed by atoms with Gasteiger partial charge in [0.05, 0.1) is 6.61 Å². The van der Waals surface area contributed by atoms with Crippen LogP contribution < -0.4 is 10.6 Å². The summed E-state index contributed by atoms with van der Waals surface area (Å²) in [6.45, 7) is 1.47. The zero-order valence-electron chi connectivity index (χ0n) is 7.15. The fraction of sp³-hybridized carbons (Fsp3) is 0.667. The average molecular weight is 188 g/mol. The van der Waals surface area contributed by atoms with E-state index >= 15 is 0 Å². The minimum Gasteiger partial charge on any atom is -0.383 e. The first-order valence-corrected chi connectivity index (χ1v) is 4.34. The normalized spacial score (nSPS) is 10.2. The van der Waals surface area contributed by atoms with Crippen LogP contribution in [0.5, 0.6) is 0 Å². The maximum atomic E-state index is 5.43. The van der Waals surface area contributed by atoms with Crippen molar-refractivity contribution in [1.29, 1.82) is 0 Å². The fourth-order valence-corrected chi connectivity index (χ4v) is 1.30. The first-order chi connectivity index (χ1) is 5.74. The Morgan fingerprint density at radius 3 is 2.83 bits per heavy atom. The Labute approximate surface area is 75.2 Å². The summed E-state index contributed by atoms with van der Waals surface area (Å²) in [5.41, 5.74) is 5.43. The maximum Gasteiger partial charge on any atom is 0.209 e. The van der Waals surface area contributed by atoms with E-state index in [-0.39, 0.29) is 0 Å². The number of nitrogens with two attached hydrogens (primary N) is 1. The van der Waals surface area contributed by atoms with Gasteiger partial charge in [0.2, 0.25) is 10.3 Å². The molecule has 0 radical (unpaired) electrons. The van der Waals surface area contributed by atoms with Crippen LogP contribution in [0.2, 0.25) is 0 Å². The third kappa shape index (κ3) is 2.31. The highest BCUT2D eigenvalue weighted by Crippen LogP contribution is 2.19. The van der Waals surface area contributed by atoms with Crippen LogP contribution in [0.25, 0.3) is 0 Å². The number of methoxy groups -OCH3 is 1. The minimum absolute atomic E-state index is 0.495. The summed E-state index contributed by atoms with van der Waals surface area (Å²) in [6.07, 6.45) is 0. The number of nitrogens with zero attached hydrogens (tertiary/aromatic N) is 3. The number of hydrogen-bond acceptors (Lipinski definition) is 6. The van der Waals surface area contributed by atoms with Gasteiger partial charge in [0, 0.05) is 20.7 Å². The highest BCUT2D eigenvalue weighted by atomic mass is 32.1. The molecule has 0 amide bonds. The van der Waals surface area contributed by atoms with Gasteiger partial charge in [0.1, 0.15) is 0 Å². The van der Waals surface area contributed by atoms with Gasteiger partial charge in [-0.3, -0.25) is 0 Å². The maximum absolute atomic E-state index is 5.43. The Hall–Kier alpha value is -0.880. The molecular formula is C6H12N4OS. The van der Waals surface area contributed by atoms with Crippen LogP contribution >= 0.6 is 11.3 Å². The molecule has 1 aromatic rings. The number of likely N-dealkylation sites (N-methyl/N-ethyl adjacent to an activating group) is 1. The van der Waals surface area contributed by atoms with Crippen LogP contribution in [0.1, 0.15) is 0 Å². The SMILES string of the molecule is COCCN(C)c1nnc(N)s1. The lowest BCUT2D eigenvalue weighted by Crippen LogP contribution is -2.21. The molecule has 0 spiro atoms. The second-order valence-electron chi connectivity index (χ2n) is 2.34. The molecule has 6 heteroatoms. The lowest BCUT2D eigenvalue weighted by atomic mass is 10.6. The first kappa shape index (κ1) is 9.21. The molecule has 0 unspecified atom stereocenters. The second-order valence-corrected chi connectivity index (χ2v) is 3.32. The third-order valence-corrected chi connectivity index (χ3v) is 2.25. The molecule has 0 aliphatic heterocycles. The largest absolute Gasteiger partial charge is 0.383 e. The van der Waals surface area contributed by atoms with Gasteiger partial charge in [-0.15, -0.1) is 10.2 Å². The van der Waals surface area contributed by atoms with Crippen molar-refractivity contribution in [3.8, 4) is 0 Å². The molecule has 2 N–H and O–H groups in total. The number of aromatic nitrogens is 2. The van der Waals surface area contributed by atoms with Crippen LogP contribution in [0.3, 0.4) is 0 Å². The topological polar surface area (TPSA) is 64.3 Å². The van der Waals surface area contributed by atoms with E-state index in [0.29, 0.717) is 11.7 Å². The molecule has 0 aromatic carbocycles. The molecule has 0 atom stereocenters. The highest BCUT2D eigenvalue weighted by Gasteiger charge is 2.05. The summed E-state index contributed by atoms with van der Waals surface area (Å²) < 4.78 is 4.92. The Balaban J connectivity index is 2.47. The quantitative estimate of drug-likeness (QED) is 0.731. The number of nitrogen functional groups attached to an aromatic ring is 1. The van der Waals surface area contributed by atoms with Gasteiger partial charge in [-0.25, -0.2) is 0 Å². The van der Waals surface area contributed by atoms with Crippen LogP contribution in [0.4, 0.5) is 10.3 Å². The van der Waals surface area contributed by atoms with E-state index in [1.54, 1.807) is 7.11 Å². The van der Waals surface area contributed by atoms with Gasteiger partial charge in [0.25, 0.3) is 0 Å². The first-order valence-electron chi connectivity index (χ1n) is 3.53. The van der Waals surface area contributed by atoms with E-state index in [9.17, 15) is 0 Å². The fourth-order valence-electron chi connectivity index (χ4n) is 0.705. The zero-order chi connectivity index (χ0) is 8.97. The average Bonchev–Trinajstić information content (AvgIpc) is 2.47. The predicted molar refractivity (Wildman–Crippen MR) is 49.5 cm³/mol. The predicted octanol–water partition coefficient (Wildman–Crippen LogP) is 0.203.